The fourth-order valence-corrected chi connectivity index (χ4v) is 3.28. The molecule has 1 aromatic heterocycles. The van der Waals surface area contributed by atoms with Crippen molar-refractivity contribution < 1.29 is 22.4 Å². The summed E-state index contributed by atoms with van der Waals surface area (Å²) in [5, 5.41) is 10.2. The molecule has 1 aromatic carbocycles. The van der Waals surface area contributed by atoms with Crippen LogP contribution in [0.2, 0.25) is 0 Å². The minimum atomic E-state index is -1.64. The highest BCUT2D eigenvalue weighted by Crippen LogP contribution is 2.25. The molecule has 2 rings (SSSR count). The van der Waals surface area contributed by atoms with Crippen molar-refractivity contribution in [2.45, 2.75) is 17.7 Å². The van der Waals surface area contributed by atoms with Crippen LogP contribution in [0.1, 0.15) is 11.4 Å². The average molecular weight is 351 g/mol. The molecule has 118 valence electrons. The van der Waals surface area contributed by atoms with Gasteiger partial charge in [0.05, 0.1) is 0 Å². The molecular formula is C12H9F4N3OS2. The topological polar surface area (TPSA) is 54.9 Å². The van der Waals surface area contributed by atoms with Crippen LogP contribution in [-0.2, 0) is 4.79 Å². The fourth-order valence-electron chi connectivity index (χ4n) is 1.45. The van der Waals surface area contributed by atoms with Crippen molar-refractivity contribution in [1.29, 1.82) is 0 Å². The lowest BCUT2D eigenvalue weighted by molar-refractivity contribution is -0.115. The van der Waals surface area contributed by atoms with Gasteiger partial charge in [0.25, 0.3) is 0 Å². The average Bonchev–Trinajstić information content (AvgIpc) is 2.87. The number of carbonyl (C=O) groups excluding carboxylic acids is 1. The summed E-state index contributed by atoms with van der Waals surface area (Å²) < 4.78 is 53.4. The summed E-state index contributed by atoms with van der Waals surface area (Å²) in [4.78, 5) is 11.6. The summed E-state index contributed by atoms with van der Waals surface area (Å²) in [7, 11) is 0. The van der Waals surface area contributed by atoms with Gasteiger partial charge in [-0.05, 0) is 6.92 Å². The number of aryl methyl sites for hydroxylation is 1. The number of aromatic nitrogens is 2. The molecule has 0 spiro atoms. The molecule has 0 aliphatic heterocycles. The number of nitrogens with one attached hydrogen (secondary N) is 1. The first kappa shape index (κ1) is 16.7. The van der Waals surface area contributed by atoms with Gasteiger partial charge in [-0.1, -0.05) is 23.1 Å². The zero-order valence-corrected chi connectivity index (χ0v) is 12.8. The molecule has 2 aromatic rings. The lowest BCUT2D eigenvalue weighted by atomic mass is 10.2. The first-order valence-corrected chi connectivity index (χ1v) is 7.74. The van der Waals surface area contributed by atoms with Crippen LogP contribution in [0.4, 0.5) is 23.2 Å². The first-order valence-electron chi connectivity index (χ1n) is 5.94. The Morgan fingerprint density at radius 1 is 1.23 bits per heavy atom. The quantitative estimate of drug-likeness (QED) is 0.509. The Hall–Kier alpha value is -1.68. The summed E-state index contributed by atoms with van der Waals surface area (Å²) in [6.07, 6.45) is -0.111. The molecule has 0 aliphatic carbocycles. The third kappa shape index (κ3) is 3.95. The molecule has 0 radical (unpaired) electrons. The molecule has 0 aliphatic rings. The lowest BCUT2D eigenvalue weighted by Crippen LogP contribution is -2.16. The highest BCUT2D eigenvalue weighted by atomic mass is 32.2. The third-order valence-corrected chi connectivity index (χ3v) is 4.41. The maximum atomic E-state index is 13.4. The first-order chi connectivity index (χ1) is 10.4. The normalized spacial score (nSPS) is 10.8. The molecule has 0 unspecified atom stereocenters. The second kappa shape index (κ2) is 7.05. The summed E-state index contributed by atoms with van der Waals surface area (Å²) in [6, 6.07) is 0.0774. The van der Waals surface area contributed by atoms with Gasteiger partial charge < -0.3 is 5.32 Å². The van der Waals surface area contributed by atoms with E-state index in [1.54, 1.807) is 6.92 Å². The van der Waals surface area contributed by atoms with Crippen LogP contribution < -0.4 is 5.32 Å². The maximum Gasteiger partial charge on any atom is 0.225 e. The number of thioether (sulfide) groups is 1. The predicted molar refractivity (Wildman–Crippen MR) is 74.9 cm³/mol. The van der Waals surface area contributed by atoms with E-state index in [2.05, 4.69) is 10.2 Å². The zero-order chi connectivity index (χ0) is 16.3. The molecule has 0 saturated heterocycles. The highest BCUT2D eigenvalue weighted by molar-refractivity contribution is 8.01. The van der Waals surface area contributed by atoms with E-state index < -0.39 is 34.9 Å². The smallest absolute Gasteiger partial charge is 0.225 e. The Bertz CT molecular complexity index is 682. The number of amides is 1. The molecule has 4 nitrogen and oxygen atoms in total. The molecule has 1 heterocycles. The Balaban J connectivity index is 1.95. The van der Waals surface area contributed by atoms with Crippen LogP contribution in [0.25, 0.3) is 0 Å². The molecule has 0 saturated carbocycles. The monoisotopic (exact) mass is 351 g/mol. The van der Waals surface area contributed by atoms with Gasteiger partial charge in [0.1, 0.15) is 10.7 Å². The van der Waals surface area contributed by atoms with Crippen molar-refractivity contribution in [2.75, 3.05) is 11.1 Å². The number of anilines is 1. The molecule has 1 amide bonds. The second-order valence-corrected chi connectivity index (χ2v) is 6.60. The minimum Gasteiger partial charge on any atom is -0.321 e. The predicted octanol–water partition coefficient (Wildman–Crippen LogP) is 3.52. The molecule has 22 heavy (non-hydrogen) atoms. The van der Waals surface area contributed by atoms with E-state index in [9.17, 15) is 22.4 Å². The molecule has 1 N–H and O–H groups in total. The van der Waals surface area contributed by atoms with Crippen LogP contribution in [-0.4, -0.2) is 21.9 Å². The van der Waals surface area contributed by atoms with Gasteiger partial charge in [0, 0.05) is 18.2 Å². The molecule has 0 fully saturated rings. The lowest BCUT2D eigenvalue weighted by Gasteiger charge is -2.08. The van der Waals surface area contributed by atoms with E-state index in [1.165, 1.54) is 23.1 Å². The van der Waals surface area contributed by atoms with Gasteiger partial charge in [0.15, 0.2) is 27.6 Å². The number of halogens is 4. The molecule has 0 atom stereocenters. The number of benzene rings is 1. The Labute approximate surface area is 130 Å². The third-order valence-electron chi connectivity index (χ3n) is 2.44. The van der Waals surface area contributed by atoms with Crippen molar-refractivity contribution in [3.05, 3.63) is 34.3 Å². The minimum absolute atomic E-state index is 0.0774. The van der Waals surface area contributed by atoms with E-state index in [-0.39, 0.29) is 18.2 Å². The van der Waals surface area contributed by atoms with Crippen LogP contribution in [0.3, 0.4) is 0 Å². The molecular weight excluding hydrogens is 342 g/mol. The number of hydrogen-bond acceptors (Lipinski definition) is 5. The number of hydrogen-bond donors (Lipinski definition) is 1. The fraction of sp³-hybridized carbons (Fsp3) is 0.250. The summed E-state index contributed by atoms with van der Waals surface area (Å²) in [5.41, 5.74) is -1.13. The van der Waals surface area contributed by atoms with Crippen LogP contribution in [0.15, 0.2) is 10.4 Å². The van der Waals surface area contributed by atoms with Crippen molar-refractivity contribution in [2.24, 2.45) is 0 Å². The number of nitrogens with zero attached hydrogens (tertiary/aromatic N) is 2. The summed E-state index contributed by atoms with van der Waals surface area (Å²) in [6.45, 7) is 1.78. The summed E-state index contributed by atoms with van der Waals surface area (Å²) in [5.74, 6) is -6.92. The van der Waals surface area contributed by atoms with Crippen LogP contribution >= 0.6 is 23.1 Å². The number of rotatable bonds is 5. The van der Waals surface area contributed by atoms with Gasteiger partial charge in [-0.3, -0.25) is 4.79 Å². The maximum absolute atomic E-state index is 13.4. The summed E-state index contributed by atoms with van der Waals surface area (Å²) >= 11 is 2.59. The standard InChI is InChI=1S/C12H9F4N3OS2/c1-5-18-19-12(22-5)21-3-2-8(20)17-11-9(15)6(13)4-7(14)10(11)16/h4H,2-3H2,1H3,(H,17,20). The Morgan fingerprint density at radius 2 is 1.86 bits per heavy atom. The van der Waals surface area contributed by atoms with E-state index in [0.717, 1.165) is 5.01 Å². The SMILES string of the molecule is Cc1nnc(SCCC(=O)Nc2c(F)c(F)cc(F)c2F)s1. The van der Waals surface area contributed by atoms with Gasteiger partial charge in [-0.15, -0.1) is 10.2 Å². The van der Waals surface area contributed by atoms with Gasteiger partial charge in [-0.2, -0.15) is 0 Å². The van der Waals surface area contributed by atoms with Gasteiger partial charge >= 0.3 is 0 Å². The van der Waals surface area contributed by atoms with Gasteiger partial charge in [0.2, 0.25) is 5.91 Å². The Morgan fingerprint density at radius 3 is 2.41 bits per heavy atom. The zero-order valence-electron chi connectivity index (χ0n) is 11.1. The van der Waals surface area contributed by atoms with Crippen molar-refractivity contribution in [1.82, 2.24) is 10.2 Å². The second-order valence-electron chi connectivity index (χ2n) is 4.08. The van der Waals surface area contributed by atoms with Crippen molar-refractivity contribution in [3.63, 3.8) is 0 Å². The highest BCUT2D eigenvalue weighted by Gasteiger charge is 2.20. The largest absolute Gasteiger partial charge is 0.321 e. The van der Waals surface area contributed by atoms with E-state index in [0.29, 0.717) is 4.34 Å². The van der Waals surface area contributed by atoms with E-state index in [1.807, 2.05) is 5.32 Å². The van der Waals surface area contributed by atoms with E-state index in [4.69, 9.17) is 0 Å². The van der Waals surface area contributed by atoms with Crippen molar-refractivity contribution in [3.8, 4) is 0 Å². The Kier molecular flexibility index (Phi) is 5.35. The molecule has 0 bridgehead atoms. The van der Waals surface area contributed by atoms with Gasteiger partial charge in [-0.25, -0.2) is 17.6 Å². The van der Waals surface area contributed by atoms with E-state index >= 15 is 0 Å². The van der Waals surface area contributed by atoms with Crippen LogP contribution in [0, 0.1) is 30.2 Å². The molecule has 10 heteroatoms. The van der Waals surface area contributed by atoms with Crippen molar-refractivity contribution >= 4 is 34.7 Å². The van der Waals surface area contributed by atoms with Crippen LogP contribution in [0.5, 0.6) is 0 Å². The number of carbonyl (C=O) groups is 1.